The number of ether oxygens (including phenoxy) is 1. The van der Waals surface area contributed by atoms with Crippen LogP contribution in [-0.2, 0) is 17.8 Å². The molecule has 2 heterocycles. The molecule has 0 radical (unpaired) electrons. The lowest BCUT2D eigenvalue weighted by Crippen LogP contribution is -2.28. The van der Waals surface area contributed by atoms with Gasteiger partial charge in [-0.05, 0) is 60.9 Å². The molecule has 5 rings (SSSR count). The van der Waals surface area contributed by atoms with Gasteiger partial charge in [-0.3, -0.25) is 4.79 Å². The molecule has 10 heteroatoms. The van der Waals surface area contributed by atoms with Crippen LogP contribution in [0.4, 0.5) is 19.3 Å². The first-order chi connectivity index (χ1) is 16.9. The van der Waals surface area contributed by atoms with Gasteiger partial charge in [-0.15, -0.1) is 0 Å². The van der Waals surface area contributed by atoms with E-state index in [9.17, 15) is 18.4 Å². The molecule has 1 atom stereocenters. The van der Waals surface area contributed by atoms with Gasteiger partial charge >= 0.3 is 6.09 Å². The first-order valence-corrected chi connectivity index (χ1v) is 11.2. The maximum Gasteiger partial charge on any atom is 0.408 e. The molecular weight excluding hydrogens is 478 g/mol. The summed E-state index contributed by atoms with van der Waals surface area (Å²) in [6, 6.07) is 11.3. The fraction of sp³-hybridized carbons (Fsp3) is 0.160. The topological polar surface area (TPSA) is 84.7 Å². The second-order valence-electron chi connectivity index (χ2n) is 8.08. The summed E-state index contributed by atoms with van der Waals surface area (Å²) in [5.74, 6) is -1.61. The largest absolute Gasteiger partial charge is 0.443 e. The molecule has 35 heavy (non-hydrogen) atoms. The Hall–Kier alpha value is -3.98. The number of halogens is 3. The number of anilines is 1. The van der Waals surface area contributed by atoms with Crippen LogP contribution in [0.5, 0.6) is 0 Å². The molecule has 0 aliphatic heterocycles. The van der Waals surface area contributed by atoms with Crippen LogP contribution in [0.1, 0.15) is 39.6 Å². The minimum Gasteiger partial charge on any atom is -0.443 e. The minimum absolute atomic E-state index is 0.0434. The number of rotatable bonds is 5. The van der Waals surface area contributed by atoms with Crippen LogP contribution in [0.3, 0.4) is 0 Å². The van der Waals surface area contributed by atoms with Crippen molar-refractivity contribution in [2.24, 2.45) is 0 Å². The van der Waals surface area contributed by atoms with Crippen molar-refractivity contribution in [2.75, 3.05) is 5.32 Å². The molecule has 4 aromatic rings. The molecule has 1 aliphatic rings. The predicted octanol–water partition coefficient (Wildman–Crippen LogP) is 5.43. The molecule has 2 aromatic heterocycles. The van der Waals surface area contributed by atoms with Crippen molar-refractivity contribution in [2.45, 2.75) is 25.5 Å². The number of carbonyl (C=O) groups excluding carboxylic acids is 2. The smallest absolute Gasteiger partial charge is 0.408 e. The fourth-order valence-corrected chi connectivity index (χ4v) is 4.41. The number of imidazole rings is 1. The summed E-state index contributed by atoms with van der Waals surface area (Å²) in [5, 5.41) is 5.20. The van der Waals surface area contributed by atoms with E-state index in [0.29, 0.717) is 29.8 Å². The quantitative estimate of drug-likeness (QED) is 0.386. The Kier molecular flexibility index (Phi) is 6.08. The van der Waals surface area contributed by atoms with Crippen LogP contribution in [0.15, 0.2) is 60.9 Å². The van der Waals surface area contributed by atoms with Gasteiger partial charge in [0.25, 0.3) is 5.91 Å². The molecule has 2 amide bonds. The zero-order chi connectivity index (χ0) is 24.5. The van der Waals surface area contributed by atoms with Gasteiger partial charge in [0.15, 0.2) is 0 Å². The standard InChI is InChI=1S/C25H19ClF2N4O3/c26-18-11-14(4-7-19(18)27)30-24(33)17-5-8-20(28)23-16(17)6-9-21(23)31-25(34)35-13-15-12-32-10-2-1-3-22(32)29-15/h1-5,7-8,10-12,21H,6,9,13H2,(H,30,33)(H,31,34)/t21-/m0/s1. The lowest BCUT2D eigenvalue weighted by molar-refractivity contribution is 0.102. The van der Waals surface area contributed by atoms with Crippen LogP contribution < -0.4 is 10.6 Å². The van der Waals surface area contributed by atoms with E-state index in [1.54, 1.807) is 6.20 Å². The Labute approximate surface area is 203 Å². The minimum atomic E-state index is -0.713. The third-order valence-corrected chi connectivity index (χ3v) is 6.10. The number of carbonyl (C=O) groups is 2. The molecule has 7 nitrogen and oxygen atoms in total. The van der Waals surface area contributed by atoms with E-state index in [0.717, 1.165) is 11.7 Å². The highest BCUT2D eigenvalue weighted by Gasteiger charge is 2.31. The Morgan fingerprint density at radius 2 is 1.97 bits per heavy atom. The second-order valence-corrected chi connectivity index (χ2v) is 8.49. The second kappa shape index (κ2) is 9.34. The molecular formula is C25H19ClF2N4O3. The Morgan fingerprint density at radius 3 is 2.77 bits per heavy atom. The summed E-state index contributed by atoms with van der Waals surface area (Å²) >= 11 is 5.78. The van der Waals surface area contributed by atoms with Gasteiger partial charge in [-0.2, -0.15) is 0 Å². The zero-order valence-electron chi connectivity index (χ0n) is 18.2. The lowest BCUT2D eigenvalue weighted by atomic mass is 10.0. The molecule has 2 aromatic carbocycles. The number of nitrogens with one attached hydrogen (secondary N) is 2. The highest BCUT2D eigenvalue weighted by Crippen LogP contribution is 2.36. The molecule has 178 valence electrons. The van der Waals surface area contributed by atoms with E-state index in [4.69, 9.17) is 16.3 Å². The van der Waals surface area contributed by atoms with Gasteiger partial charge in [0.2, 0.25) is 0 Å². The van der Waals surface area contributed by atoms with Gasteiger partial charge in [0.05, 0.1) is 16.8 Å². The van der Waals surface area contributed by atoms with Gasteiger partial charge in [-0.1, -0.05) is 17.7 Å². The van der Waals surface area contributed by atoms with Crippen LogP contribution >= 0.6 is 11.6 Å². The van der Waals surface area contributed by atoms with E-state index < -0.39 is 29.7 Å². The summed E-state index contributed by atoms with van der Waals surface area (Å²) in [6.45, 7) is -0.0434. The fourth-order valence-electron chi connectivity index (χ4n) is 4.22. The van der Waals surface area contributed by atoms with E-state index in [2.05, 4.69) is 15.6 Å². The monoisotopic (exact) mass is 496 g/mol. The predicted molar refractivity (Wildman–Crippen MR) is 125 cm³/mol. The van der Waals surface area contributed by atoms with Gasteiger partial charge < -0.3 is 19.8 Å². The first-order valence-electron chi connectivity index (χ1n) is 10.8. The molecule has 0 fully saturated rings. The zero-order valence-corrected chi connectivity index (χ0v) is 19.0. The molecule has 1 aliphatic carbocycles. The maximum atomic E-state index is 14.7. The van der Waals surface area contributed by atoms with Gasteiger partial charge in [-0.25, -0.2) is 18.6 Å². The third kappa shape index (κ3) is 4.67. The average Bonchev–Trinajstić information content (AvgIpc) is 3.45. The summed E-state index contributed by atoms with van der Waals surface area (Å²) in [5.41, 5.74) is 2.63. The van der Waals surface area contributed by atoms with Crippen LogP contribution in [0.2, 0.25) is 5.02 Å². The summed E-state index contributed by atoms with van der Waals surface area (Å²) in [6.07, 6.45) is 3.67. The van der Waals surface area contributed by atoms with Crippen molar-refractivity contribution in [1.29, 1.82) is 0 Å². The molecule has 0 bridgehead atoms. The summed E-state index contributed by atoms with van der Waals surface area (Å²) in [7, 11) is 0. The number of alkyl carbamates (subject to hydrolysis) is 1. The number of benzene rings is 2. The van der Waals surface area contributed by atoms with Crippen molar-refractivity contribution in [1.82, 2.24) is 14.7 Å². The number of pyridine rings is 1. The number of aromatic nitrogens is 2. The number of nitrogens with zero attached hydrogens (tertiary/aromatic N) is 2. The molecule has 0 unspecified atom stereocenters. The van der Waals surface area contributed by atoms with Crippen LogP contribution in [0, 0.1) is 11.6 Å². The maximum absolute atomic E-state index is 14.7. The highest BCUT2D eigenvalue weighted by molar-refractivity contribution is 6.31. The Morgan fingerprint density at radius 1 is 1.14 bits per heavy atom. The number of hydrogen-bond donors (Lipinski definition) is 2. The van der Waals surface area contributed by atoms with Crippen molar-refractivity contribution in [3.05, 3.63) is 100.0 Å². The van der Waals surface area contributed by atoms with E-state index in [-0.39, 0.29) is 22.8 Å². The normalized spacial score (nSPS) is 14.5. The van der Waals surface area contributed by atoms with Gasteiger partial charge in [0, 0.05) is 29.2 Å². The summed E-state index contributed by atoms with van der Waals surface area (Å²) < 4.78 is 35.2. The van der Waals surface area contributed by atoms with E-state index >= 15 is 0 Å². The number of hydrogen-bond acceptors (Lipinski definition) is 4. The first kappa shape index (κ1) is 22.8. The van der Waals surface area contributed by atoms with Crippen molar-refractivity contribution in [3.63, 3.8) is 0 Å². The van der Waals surface area contributed by atoms with E-state index in [1.807, 2.05) is 28.8 Å². The van der Waals surface area contributed by atoms with Crippen molar-refractivity contribution < 1.29 is 23.1 Å². The molecule has 0 saturated heterocycles. The van der Waals surface area contributed by atoms with Gasteiger partial charge in [0.1, 0.15) is 23.9 Å². The molecule has 2 N–H and O–H groups in total. The molecule has 0 saturated carbocycles. The van der Waals surface area contributed by atoms with Crippen molar-refractivity contribution >= 4 is 34.9 Å². The molecule has 0 spiro atoms. The number of fused-ring (bicyclic) bond motifs is 2. The third-order valence-electron chi connectivity index (χ3n) is 5.81. The highest BCUT2D eigenvalue weighted by atomic mass is 35.5. The average molecular weight is 497 g/mol. The van der Waals surface area contributed by atoms with Crippen molar-refractivity contribution in [3.8, 4) is 0 Å². The SMILES string of the molecule is O=C(N[C@H]1CCc2c(C(=O)Nc3ccc(F)c(Cl)c3)ccc(F)c21)OCc1cn2ccccc2n1. The number of amides is 2. The Bertz CT molecular complexity index is 1420. The Balaban J connectivity index is 1.27. The van der Waals surface area contributed by atoms with Crippen LogP contribution in [-0.4, -0.2) is 21.4 Å². The van der Waals surface area contributed by atoms with Crippen LogP contribution in [0.25, 0.3) is 5.65 Å². The van der Waals surface area contributed by atoms with E-state index in [1.165, 1.54) is 24.3 Å². The summed E-state index contributed by atoms with van der Waals surface area (Å²) in [4.78, 5) is 29.6. The lowest BCUT2D eigenvalue weighted by Gasteiger charge is -2.16.